The first kappa shape index (κ1) is 15.0. The van der Waals surface area contributed by atoms with Crippen molar-refractivity contribution in [2.45, 2.75) is 79.2 Å². The second-order valence-corrected chi connectivity index (χ2v) is 5.24. The molecule has 0 aliphatic rings. The lowest BCUT2D eigenvalue weighted by atomic mass is 9.76. The first-order valence-corrected chi connectivity index (χ1v) is 6.83. The lowest BCUT2D eigenvalue weighted by Gasteiger charge is -2.34. The molecule has 1 unspecified atom stereocenters. The van der Waals surface area contributed by atoms with E-state index in [9.17, 15) is 0 Å². The van der Waals surface area contributed by atoms with Crippen molar-refractivity contribution in [2.75, 3.05) is 6.54 Å². The number of hydrogen-bond donors (Lipinski definition) is 1. The van der Waals surface area contributed by atoms with Gasteiger partial charge < -0.3 is 5.32 Å². The summed E-state index contributed by atoms with van der Waals surface area (Å²) < 4.78 is 0. The topological polar surface area (TPSA) is 12.0 Å². The van der Waals surface area contributed by atoms with Crippen LogP contribution in [0.1, 0.15) is 73.1 Å². The molecule has 0 aliphatic carbocycles. The number of unbranched alkanes of at least 4 members (excludes halogenated alkanes) is 1. The van der Waals surface area contributed by atoms with Crippen LogP contribution in [-0.4, -0.2) is 12.6 Å². The highest BCUT2D eigenvalue weighted by Crippen LogP contribution is 2.33. The second kappa shape index (κ2) is 8.15. The van der Waals surface area contributed by atoms with Gasteiger partial charge in [-0.3, -0.25) is 0 Å². The Balaban J connectivity index is 4.21. The monoisotopic (exact) mass is 213 g/mol. The van der Waals surface area contributed by atoms with Gasteiger partial charge in [0.2, 0.25) is 0 Å². The van der Waals surface area contributed by atoms with E-state index in [1.807, 2.05) is 0 Å². The Morgan fingerprint density at radius 3 is 2.07 bits per heavy atom. The van der Waals surface area contributed by atoms with E-state index in [0.29, 0.717) is 11.5 Å². The smallest absolute Gasteiger partial charge is 0.00106 e. The molecule has 0 fully saturated rings. The summed E-state index contributed by atoms with van der Waals surface area (Å²) in [7, 11) is 0. The molecule has 0 radical (unpaired) electrons. The zero-order chi connectivity index (χ0) is 11.7. The fourth-order valence-corrected chi connectivity index (χ4v) is 2.28. The molecule has 0 amide bonds. The number of hydrogen-bond acceptors (Lipinski definition) is 1. The van der Waals surface area contributed by atoms with Gasteiger partial charge in [-0.1, -0.05) is 53.9 Å². The third-order valence-electron chi connectivity index (χ3n) is 3.48. The van der Waals surface area contributed by atoms with Gasteiger partial charge in [0.05, 0.1) is 0 Å². The van der Waals surface area contributed by atoms with Crippen LogP contribution in [0, 0.1) is 5.41 Å². The molecule has 1 nitrogen and oxygen atoms in total. The Hall–Kier alpha value is -0.0400. The van der Waals surface area contributed by atoms with Crippen LogP contribution in [0.3, 0.4) is 0 Å². The molecule has 92 valence electrons. The van der Waals surface area contributed by atoms with E-state index in [2.05, 4.69) is 39.9 Å². The van der Waals surface area contributed by atoms with Crippen LogP contribution >= 0.6 is 0 Å². The predicted molar refractivity (Wildman–Crippen MR) is 70.3 cm³/mol. The third-order valence-corrected chi connectivity index (χ3v) is 3.48. The van der Waals surface area contributed by atoms with E-state index in [4.69, 9.17) is 0 Å². The van der Waals surface area contributed by atoms with Crippen LogP contribution < -0.4 is 5.32 Å². The zero-order valence-electron chi connectivity index (χ0n) is 11.5. The van der Waals surface area contributed by atoms with Crippen molar-refractivity contribution >= 4 is 0 Å². The quantitative estimate of drug-likeness (QED) is 0.599. The van der Waals surface area contributed by atoms with Crippen LogP contribution in [0.2, 0.25) is 0 Å². The van der Waals surface area contributed by atoms with Crippen LogP contribution in [0.25, 0.3) is 0 Å². The molecule has 0 aliphatic heterocycles. The summed E-state index contributed by atoms with van der Waals surface area (Å²) in [6.07, 6.45) is 8.12. The predicted octanol–water partition coefficient (Wildman–Crippen LogP) is 4.37. The van der Waals surface area contributed by atoms with Gasteiger partial charge in [-0.05, 0) is 24.7 Å². The molecule has 0 aromatic rings. The van der Waals surface area contributed by atoms with E-state index >= 15 is 0 Å². The van der Waals surface area contributed by atoms with Gasteiger partial charge in [-0.25, -0.2) is 0 Å². The van der Waals surface area contributed by atoms with Crippen molar-refractivity contribution in [2.24, 2.45) is 5.41 Å². The Morgan fingerprint density at radius 1 is 1.00 bits per heavy atom. The second-order valence-electron chi connectivity index (χ2n) is 5.24. The summed E-state index contributed by atoms with van der Waals surface area (Å²) >= 11 is 0. The third kappa shape index (κ3) is 6.19. The van der Waals surface area contributed by atoms with Crippen LogP contribution in [0.15, 0.2) is 0 Å². The minimum absolute atomic E-state index is 0.565. The SMILES string of the molecule is CCCCC(CC)(CCC)CNC(C)C. The van der Waals surface area contributed by atoms with E-state index in [1.54, 1.807) is 0 Å². The molecule has 0 aromatic carbocycles. The van der Waals surface area contributed by atoms with Crippen molar-refractivity contribution < 1.29 is 0 Å². The fraction of sp³-hybridized carbons (Fsp3) is 1.00. The van der Waals surface area contributed by atoms with Crippen molar-refractivity contribution in [3.05, 3.63) is 0 Å². The lowest BCUT2D eigenvalue weighted by molar-refractivity contribution is 0.204. The zero-order valence-corrected chi connectivity index (χ0v) is 11.5. The first-order valence-electron chi connectivity index (χ1n) is 6.83. The molecular weight excluding hydrogens is 182 g/mol. The summed E-state index contributed by atoms with van der Waals surface area (Å²) in [6, 6.07) is 0.620. The molecule has 0 aromatic heterocycles. The maximum absolute atomic E-state index is 3.63. The van der Waals surface area contributed by atoms with Crippen LogP contribution in [0.4, 0.5) is 0 Å². The minimum Gasteiger partial charge on any atom is -0.314 e. The highest BCUT2D eigenvalue weighted by molar-refractivity contribution is 4.80. The molecular formula is C14H31N. The van der Waals surface area contributed by atoms with Gasteiger partial charge >= 0.3 is 0 Å². The standard InChI is InChI=1S/C14H31N/c1-6-9-11-14(8-3,10-7-2)12-15-13(4)5/h13,15H,6-12H2,1-5H3. The number of nitrogens with one attached hydrogen (secondary N) is 1. The first-order chi connectivity index (χ1) is 7.10. The average Bonchev–Trinajstić information content (AvgIpc) is 2.22. The Morgan fingerprint density at radius 2 is 1.67 bits per heavy atom. The van der Waals surface area contributed by atoms with Gasteiger partial charge in [0.25, 0.3) is 0 Å². The Kier molecular flexibility index (Phi) is 8.13. The summed E-state index contributed by atoms with van der Waals surface area (Å²) in [5.74, 6) is 0. The summed E-state index contributed by atoms with van der Waals surface area (Å²) in [4.78, 5) is 0. The maximum Gasteiger partial charge on any atom is 0.00106 e. The molecule has 1 atom stereocenters. The van der Waals surface area contributed by atoms with Gasteiger partial charge in [-0.2, -0.15) is 0 Å². The van der Waals surface area contributed by atoms with Gasteiger partial charge in [0.1, 0.15) is 0 Å². The molecule has 15 heavy (non-hydrogen) atoms. The van der Waals surface area contributed by atoms with Crippen LogP contribution in [0.5, 0.6) is 0 Å². The summed E-state index contributed by atoms with van der Waals surface area (Å²) in [6.45, 7) is 12.6. The van der Waals surface area contributed by atoms with Crippen molar-refractivity contribution in [3.63, 3.8) is 0 Å². The minimum atomic E-state index is 0.565. The van der Waals surface area contributed by atoms with Crippen molar-refractivity contribution in [3.8, 4) is 0 Å². The Bertz CT molecular complexity index is 142. The summed E-state index contributed by atoms with van der Waals surface area (Å²) in [5, 5.41) is 3.63. The van der Waals surface area contributed by atoms with Crippen molar-refractivity contribution in [1.82, 2.24) is 5.32 Å². The van der Waals surface area contributed by atoms with E-state index < -0.39 is 0 Å². The molecule has 0 saturated heterocycles. The molecule has 0 saturated carbocycles. The number of rotatable bonds is 9. The summed E-state index contributed by atoms with van der Waals surface area (Å²) in [5.41, 5.74) is 0.565. The van der Waals surface area contributed by atoms with Crippen molar-refractivity contribution in [1.29, 1.82) is 0 Å². The van der Waals surface area contributed by atoms with E-state index in [1.165, 1.54) is 45.1 Å². The maximum atomic E-state index is 3.63. The van der Waals surface area contributed by atoms with Gasteiger partial charge in [-0.15, -0.1) is 0 Å². The van der Waals surface area contributed by atoms with Gasteiger partial charge in [0.15, 0.2) is 0 Å². The molecule has 1 heteroatoms. The average molecular weight is 213 g/mol. The lowest BCUT2D eigenvalue weighted by Crippen LogP contribution is -2.37. The molecule has 0 rings (SSSR count). The highest BCUT2D eigenvalue weighted by Gasteiger charge is 2.26. The highest BCUT2D eigenvalue weighted by atomic mass is 14.9. The normalized spacial score (nSPS) is 15.6. The molecule has 0 bridgehead atoms. The molecule has 1 N–H and O–H groups in total. The van der Waals surface area contributed by atoms with Gasteiger partial charge in [0, 0.05) is 12.6 Å². The van der Waals surface area contributed by atoms with E-state index in [-0.39, 0.29) is 0 Å². The van der Waals surface area contributed by atoms with Crippen LogP contribution in [-0.2, 0) is 0 Å². The molecule has 0 spiro atoms. The van der Waals surface area contributed by atoms with E-state index in [0.717, 1.165) is 0 Å². The fourth-order valence-electron chi connectivity index (χ4n) is 2.28. The Labute approximate surface area is 97.0 Å². The largest absolute Gasteiger partial charge is 0.314 e. The molecule has 0 heterocycles.